The highest BCUT2D eigenvalue weighted by Crippen LogP contribution is 2.73. The van der Waals surface area contributed by atoms with Crippen molar-refractivity contribution in [3.8, 4) is 0 Å². The summed E-state index contributed by atoms with van der Waals surface area (Å²) in [5, 5.41) is 0. The first kappa shape index (κ1) is 23.7. The maximum atomic E-state index is 13.5. The van der Waals surface area contributed by atoms with Crippen molar-refractivity contribution in [2.24, 2.45) is 16.3 Å². The molecule has 0 radical (unpaired) electrons. The molecule has 6 rings (SSSR count). The molecule has 3 aliphatic heterocycles. The van der Waals surface area contributed by atoms with Crippen LogP contribution in [-0.2, 0) is 34.0 Å². The largest absolute Gasteiger partial charge is 0.467 e. The second-order valence-electron chi connectivity index (χ2n) is 10.5. The van der Waals surface area contributed by atoms with E-state index >= 15 is 0 Å². The van der Waals surface area contributed by atoms with Crippen LogP contribution in [0.4, 0.5) is 5.69 Å². The highest BCUT2D eigenvalue weighted by Gasteiger charge is 2.81. The Morgan fingerprint density at radius 2 is 1.78 bits per heavy atom. The molecule has 0 bridgehead atoms. The lowest BCUT2D eigenvalue weighted by Crippen LogP contribution is -2.70. The summed E-state index contributed by atoms with van der Waals surface area (Å²) >= 11 is 7.37. The number of para-hydroxylation sites is 1. The topological polar surface area (TPSA) is 94.5 Å². The highest BCUT2D eigenvalue weighted by atomic mass is 35.5. The Balaban J connectivity index is 1.72. The van der Waals surface area contributed by atoms with Gasteiger partial charge in [-0.25, -0.2) is 14.4 Å². The van der Waals surface area contributed by atoms with E-state index in [4.69, 9.17) is 30.8 Å². The van der Waals surface area contributed by atoms with Gasteiger partial charge in [0.15, 0.2) is 4.87 Å². The van der Waals surface area contributed by atoms with E-state index in [0.29, 0.717) is 23.3 Å². The number of piperidine rings is 1. The number of ether oxygens (including phenoxy) is 3. The standard InChI is InChI=1S/C27H29ClN2O6/c1-5-25-11-8-12-30-19-17(21(32)35-3)16(20(31)34-2)18(19)27(23(25)30)14-9-6-7-10-15(14)29-22(27)26(28,13-25)24(33)36-4/h6-7,9-10,18-19,23H,5,8,11-13H2,1-4H3/t18-,19+,23+,25+,26-,27-/m1/s1. The molecule has 1 aromatic carbocycles. The molecule has 2 saturated heterocycles. The van der Waals surface area contributed by atoms with Crippen molar-refractivity contribution in [1.29, 1.82) is 0 Å². The fourth-order valence-corrected chi connectivity index (χ4v) is 8.91. The molecule has 1 aromatic rings. The van der Waals surface area contributed by atoms with Gasteiger partial charge in [-0.2, -0.15) is 0 Å². The minimum absolute atomic E-state index is 0.112. The molecular weight excluding hydrogens is 484 g/mol. The van der Waals surface area contributed by atoms with Gasteiger partial charge in [0.1, 0.15) is 0 Å². The average molecular weight is 513 g/mol. The monoisotopic (exact) mass is 512 g/mol. The number of benzene rings is 1. The van der Waals surface area contributed by atoms with E-state index in [2.05, 4.69) is 11.8 Å². The predicted octanol–water partition coefficient (Wildman–Crippen LogP) is 3.08. The number of nitrogens with zero attached hydrogens (tertiary/aromatic N) is 2. The Bertz CT molecular complexity index is 1270. The number of carbonyl (C=O) groups is 3. The first-order chi connectivity index (χ1) is 17.3. The Labute approximate surface area is 214 Å². The quantitative estimate of drug-likeness (QED) is 0.347. The SMILES string of the molecule is CC[C@]12CCCN3[C@H]4C(C(=O)OC)=C(C(=O)OC)[C@H]4[C@]4(C(=Nc5ccccc54)[C@@](Cl)(C(=O)OC)C1)[C@@H]32. The van der Waals surface area contributed by atoms with Crippen molar-refractivity contribution in [2.75, 3.05) is 27.9 Å². The van der Waals surface area contributed by atoms with E-state index in [-0.39, 0.29) is 17.5 Å². The van der Waals surface area contributed by atoms with Gasteiger partial charge in [-0.15, -0.1) is 0 Å². The third kappa shape index (κ3) is 2.45. The van der Waals surface area contributed by atoms with Gasteiger partial charge in [-0.05, 0) is 49.3 Å². The number of methoxy groups -OCH3 is 3. The van der Waals surface area contributed by atoms with Crippen molar-refractivity contribution in [1.82, 2.24) is 4.90 Å². The Morgan fingerprint density at radius 3 is 2.44 bits per heavy atom. The Hall–Kier alpha value is -2.71. The fourth-order valence-electron chi connectivity index (χ4n) is 8.37. The number of halogens is 1. The summed E-state index contributed by atoms with van der Waals surface area (Å²) in [6.45, 7) is 2.89. The van der Waals surface area contributed by atoms with Crippen LogP contribution >= 0.6 is 11.6 Å². The molecule has 0 amide bonds. The van der Waals surface area contributed by atoms with Crippen molar-refractivity contribution in [2.45, 2.75) is 55.0 Å². The molecule has 0 aromatic heterocycles. The van der Waals surface area contributed by atoms with E-state index in [1.54, 1.807) is 0 Å². The summed E-state index contributed by atoms with van der Waals surface area (Å²) in [4.78, 5) is 45.7. The van der Waals surface area contributed by atoms with Gasteiger partial charge in [0, 0.05) is 12.0 Å². The third-order valence-electron chi connectivity index (χ3n) is 9.46. The maximum Gasteiger partial charge on any atom is 0.335 e. The molecule has 2 aliphatic carbocycles. The second kappa shape index (κ2) is 7.65. The van der Waals surface area contributed by atoms with Crippen LogP contribution in [0.2, 0.25) is 0 Å². The average Bonchev–Trinajstić information content (AvgIpc) is 3.35. The van der Waals surface area contributed by atoms with Crippen LogP contribution in [0.3, 0.4) is 0 Å². The Morgan fingerprint density at radius 1 is 1.08 bits per heavy atom. The van der Waals surface area contributed by atoms with E-state index in [1.165, 1.54) is 21.3 Å². The van der Waals surface area contributed by atoms with Crippen LogP contribution in [0.1, 0.15) is 38.2 Å². The van der Waals surface area contributed by atoms with Crippen molar-refractivity contribution < 1.29 is 28.6 Å². The van der Waals surface area contributed by atoms with Gasteiger partial charge in [0.2, 0.25) is 0 Å². The Kier molecular flexibility index (Phi) is 5.03. The first-order valence-corrected chi connectivity index (χ1v) is 12.8. The number of hydrogen-bond acceptors (Lipinski definition) is 8. The van der Waals surface area contributed by atoms with Crippen molar-refractivity contribution >= 4 is 40.9 Å². The van der Waals surface area contributed by atoms with Crippen LogP contribution in [0, 0.1) is 11.3 Å². The van der Waals surface area contributed by atoms with Crippen LogP contribution in [0.5, 0.6) is 0 Å². The molecule has 6 atom stereocenters. The van der Waals surface area contributed by atoms with E-state index in [9.17, 15) is 14.4 Å². The highest BCUT2D eigenvalue weighted by molar-refractivity contribution is 6.49. The van der Waals surface area contributed by atoms with Gasteiger partial charge in [0.25, 0.3) is 0 Å². The second-order valence-corrected chi connectivity index (χ2v) is 11.2. The molecule has 1 saturated carbocycles. The van der Waals surface area contributed by atoms with E-state index in [0.717, 1.165) is 37.1 Å². The smallest absolute Gasteiger partial charge is 0.335 e. The van der Waals surface area contributed by atoms with Gasteiger partial charge in [0.05, 0.1) is 55.3 Å². The fraction of sp³-hybridized carbons (Fsp3) is 0.556. The number of rotatable bonds is 4. The minimum Gasteiger partial charge on any atom is -0.467 e. The lowest BCUT2D eigenvalue weighted by Gasteiger charge is -2.60. The van der Waals surface area contributed by atoms with Crippen LogP contribution in [0.25, 0.3) is 0 Å². The summed E-state index contributed by atoms with van der Waals surface area (Å²) in [6.07, 6.45) is 2.90. The minimum atomic E-state index is -1.50. The molecule has 36 heavy (non-hydrogen) atoms. The van der Waals surface area contributed by atoms with Gasteiger partial charge >= 0.3 is 17.9 Å². The van der Waals surface area contributed by atoms with Crippen LogP contribution in [0.15, 0.2) is 40.4 Å². The summed E-state index contributed by atoms with van der Waals surface area (Å²) < 4.78 is 15.6. The number of fused-ring (bicyclic) bond motifs is 3. The predicted molar refractivity (Wildman–Crippen MR) is 131 cm³/mol. The lowest BCUT2D eigenvalue weighted by molar-refractivity contribution is -0.144. The van der Waals surface area contributed by atoms with Gasteiger partial charge in [-0.1, -0.05) is 36.7 Å². The van der Waals surface area contributed by atoms with Gasteiger partial charge in [-0.3, -0.25) is 9.89 Å². The molecule has 1 spiro atoms. The van der Waals surface area contributed by atoms with E-state index in [1.807, 2.05) is 24.3 Å². The number of esters is 3. The molecule has 5 aliphatic rings. The summed E-state index contributed by atoms with van der Waals surface area (Å²) in [7, 11) is 3.98. The zero-order valence-corrected chi connectivity index (χ0v) is 21.6. The molecule has 0 unspecified atom stereocenters. The van der Waals surface area contributed by atoms with E-state index < -0.39 is 34.1 Å². The van der Waals surface area contributed by atoms with Crippen molar-refractivity contribution in [3.63, 3.8) is 0 Å². The molecule has 8 nitrogen and oxygen atoms in total. The molecular formula is C27H29ClN2O6. The zero-order valence-electron chi connectivity index (χ0n) is 20.8. The lowest BCUT2D eigenvalue weighted by atomic mass is 9.45. The molecule has 190 valence electrons. The molecule has 9 heteroatoms. The summed E-state index contributed by atoms with van der Waals surface area (Å²) in [6, 6.07) is 7.31. The van der Waals surface area contributed by atoms with Crippen LogP contribution < -0.4 is 0 Å². The number of alkyl halides is 1. The zero-order chi connectivity index (χ0) is 25.6. The van der Waals surface area contributed by atoms with Crippen LogP contribution in [-0.4, -0.2) is 73.4 Å². The maximum absolute atomic E-state index is 13.5. The molecule has 3 fully saturated rings. The number of aliphatic imine (C=N–C) groups is 1. The summed E-state index contributed by atoms with van der Waals surface area (Å²) in [5.74, 6) is -2.11. The van der Waals surface area contributed by atoms with Crippen molar-refractivity contribution in [3.05, 3.63) is 41.0 Å². The normalized spacial score (nSPS) is 37.6. The molecule has 0 N–H and O–H groups in total. The molecule has 3 heterocycles. The number of carbonyl (C=O) groups excluding carboxylic acids is 3. The number of hydrogen-bond donors (Lipinski definition) is 0. The van der Waals surface area contributed by atoms with Gasteiger partial charge < -0.3 is 14.2 Å². The first-order valence-electron chi connectivity index (χ1n) is 12.4. The summed E-state index contributed by atoms with van der Waals surface area (Å²) in [5.41, 5.74) is 1.58. The third-order valence-corrected chi connectivity index (χ3v) is 9.93.